The largest absolute Gasteiger partial charge is 0.323 e. The maximum atomic E-state index is 13.0. The van der Waals surface area contributed by atoms with Gasteiger partial charge in [0.1, 0.15) is 5.82 Å². The Morgan fingerprint density at radius 3 is 2.80 bits per heavy atom. The molecule has 2 aromatic rings. The van der Waals surface area contributed by atoms with Crippen LogP contribution in [0.25, 0.3) is 0 Å². The van der Waals surface area contributed by atoms with Crippen LogP contribution in [0.15, 0.2) is 24.3 Å². The van der Waals surface area contributed by atoms with Gasteiger partial charge in [-0.1, -0.05) is 17.7 Å². The van der Waals surface area contributed by atoms with Crippen molar-refractivity contribution >= 4 is 22.9 Å². The van der Waals surface area contributed by atoms with E-state index in [1.54, 1.807) is 6.07 Å². The molecule has 1 unspecified atom stereocenters. The zero-order valence-electron chi connectivity index (χ0n) is 11.2. The standard InChI is InChI=1S/C16H17ClFNS/c17-13-9-12(18)6-5-10(13)7-14(19)16-8-11-3-1-2-4-15(11)20-16/h5-6,8-9,14H,1-4,7,19H2. The molecule has 3 rings (SSSR count). The molecule has 0 radical (unpaired) electrons. The lowest BCUT2D eigenvalue weighted by atomic mass is 9.98. The van der Waals surface area contributed by atoms with Crippen LogP contribution in [0.4, 0.5) is 4.39 Å². The highest BCUT2D eigenvalue weighted by Gasteiger charge is 2.18. The van der Waals surface area contributed by atoms with Crippen LogP contribution in [0, 0.1) is 5.82 Å². The van der Waals surface area contributed by atoms with Gasteiger partial charge in [0.05, 0.1) is 0 Å². The number of hydrogen-bond acceptors (Lipinski definition) is 2. The molecule has 1 heterocycles. The first-order valence-electron chi connectivity index (χ1n) is 6.94. The number of fused-ring (bicyclic) bond motifs is 1. The number of halogens is 2. The Balaban J connectivity index is 1.78. The molecule has 106 valence electrons. The molecule has 0 aliphatic heterocycles. The molecule has 1 nitrogen and oxygen atoms in total. The monoisotopic (exact) mass is 309 g/mol. The van der Waals surface area contributed by atoms with Crippen LogP contribution < -0.4 is 5.73 Å². The summed E-state index contributed by atoms with van der Waals surface area (Å²) in [6.07, 6.45) is 5.58. The van der Waals surface area contributed by atoms with Crippen molar-refractivity contribution < 1.29 is 4.39 Å². The number of nitrogens with two attached hydrogens (primary N) is 1. The highest BCUT2D eigenvalue weighted by molar-refractivity contribution is 7.12. The zero-order valence-corrected chi connectivity index (χ0v) is 12.7. The number of aryl methyl sites for hydroxylation is 2. The minimum Gasteiger partial charge on any atom is -0.323 e. The van der Waals surface area contributed by atoms with Crippen molar-refractivity contribution in [2.75, 3.05) is 0 Å². The van der Waals surface area contributed by atoms with Gasteiger partial charge >= 0.3 is 0 Å². The molecule has 0 spiro atoms. The van der Waals surface area contributed by atoms with E-state index in [1.165, 1.54) is 53.1 Å². The second kappa shape index (κ2) is 5.84. The minimum atomic E-state index is -0.307. The average molecular weight is 310 g/mol. The third kappa shape index (κ3) is 2.90. The molecule has 1 aromatic carbocycles. The van der Waals surface area contributed by atoms with Gasteiger partial charge in [0.2, 0.25) is 0 Å². The lowest BCUT2D eigenvalue weighted by Crippen LogP contribution is -2.12. The lowest BCUT2D eigenvalue weighted by Gasteiger charge is -2.11. The van der Waals surface area contributed by atoms with Crippen LogP contribution in [-0.4, -0.2) is 0 Å². The van der Waals surface area contributed by atoms with Crippen LogP contribution in [-0.2, 0) is 19.3 Å². The summed E-state index contributed by atoms with van der Waals surface area (Å²) in [6.45, 7) is 0. The zero-order chi connectivity index (χ0) is 14.1. The minimum absolute atomic E-state index is 0.0615. The molecule has 0 saturated heterocycles. The normalized spacial score (nSPS) is 15.9. The van der Waals surface area contributed by atoms with Gasteiger partial charge in [-0.15, -0.1) is 11.3 Å². The van der Waals surface area contributed by atoms with Gasteiger partial charge in [-0.25, -0.2) is 4.39 Å². The molecule has 0 bridgehead atoms. The number of rotatable bonds is 3. The Morgan fingerprint density at radius 2 is 2.05 bits per heavy atom. The molecular weight excluding hydrogens is 293 g/mol. The summed E-state index contributed by atoms with van der Waals surface area (Å²) in [5.74, 6) is -0.307. The molecule has 0 amide bonds. The molecule has 1 aromatic heterocycles. The summed E-state index contributed by atoms with van der Waals surface area (Å²) >= 11 is 7.90. The van der Waals surface area contributed by atoms with Crippen molar-refractivity contribution in [1.82, 2.24) is 0 Å². The fourth-order valence-electron chi connectivity index (χ4n) is 2.72. The van der Waals surface area contributed by atoms with E-state index in [4.69, 9.17) is 17.3 Å². The van der Waals surface area contributed by atoms with Gasteiger partial charge < -0.3 is 5.73 Å². The smallest absolute Gasteiger partial charge is 0.124 e. The Morgan fingerprint density at radius 1 is 1.25 bits per heavy atom. The molecule has 20 heavy (non-hydrogen) atoms. The van der Waals surface area contributed by atoms with E-state index in [-0.39, 0.29) is 11.9 Å². The molecule has 0 fully saturated rings. The van der Waals surface area contributed by atoms with E-state index in [0.717, 1.165) is 5.56 Å². The molecule has 1 atom stereocenters. The Labute approximate surface area is 127 Å². The van der Waals surface area contributed by atoms with E-state index < -0.39 is 0 Å². The van der Waals surface area contributed by atoms with Crippen LogP contribution in [0.5, 0.6) is 0 Å². The lowest BCUT2D eigenvalue weighted by molar-refractivity contribution is 0.626. The maximum Gasteiger partial charge on any atom is 0.124 e. The molecular formula is C16H17ClFNS. The first kappa shape index (κ1) is 14.1. The SMILES string of the molecule is NC(Cc1ccc(F)cc1Cl)c1cc2c(s1)CCCC2. The summed E-state index contributed by atoms with van der Waals surface area (Å²) in [7, 11) is 0. The van der Waals surface area contributed by atoms with Crippen molar-refractivity contribution in [2.45, 2.75) is 38.1 Å². The van der Waals surface area contributed by atoms with E-state index in [0.29, 0.717) is 11.4 Å². The van der Waals surface area contributed by atoms with Gasteiger partial charge in [0.25, 0.3) is 0 Å². The van der Waals surface area contributed by atoms with Crippen molar-refractivity contribution in [2.24, 2.45) is 5.73 Å². The molecule has 2 N–H and O–H groups in total. The molecule has 1 aliphatic rings. The van der Waals surface area contributed by atoms with Crippen molar-refractivity contribution in [3.63, 3.8) is 0 Å². The molecule has 4 heteroatoms. The highest BCUT2D eigenvalue weighted by Crippen LogP contribution is 2.34. The van der Waals surface area contributed by atoms with Gasteiger partial charge in [-0.05, 0) is 61.4 Å². The van der Waals surface area contributed by atoms with Gasteiger partial charge in [-0.2, -0.15) is 0 Å². The summed E-state index contributed by atoms with van der Waals surface area (Å²) in [5, 5.41) is 0.460. The van der Waals surface area contributed by atoms with Crippen molar-refractivity contribution in [1.29, 1.82) is 0 Å². The molecule has 1 aliphatic carbocycles. The maximum absolute atomic E-state index is 13.0. The predicted octanol–water partition coefficient (Wildman–Crippen LogP) is 4.66. The first-order chi connectivity index (χ1) is 9.63. The van der Waals surface area contributed by atoms with Crippen LogP contribution in [0.3, 0.4) is 0 Å². The second-order valence-corrected chi connectivity index (χ2v) is 6.93. The quantitative estimate of drug-likeness (QED) is 0.876. The number of benzene rings is 1. The third-order valence-electron chi connectivity index (χ3n) is 3.84. The van der Waals surface area contributed by atoms with Gasteiger partial charge in [-0.3, -0.25) is 0 Å². The third-order valence-corrected chi connectivity index (χ3v) is 5.56. The summed E-state index contributed by atoms with van der Waals surface area (Å²) in [6, 6.07) is 6.71. The van der Waals surface area contributed by atoms with Gasteiger partial charge in [0.15, 0.2) is 0 Å². The van der Waals surface area contributed by atoms with E-state index in [2.05, 4.69) is 6.07 Å². The van der Waals surface area contributed by atoms with Crippen LogP contribution >= 0.6 is 22.9 Å². The molecule has 0 saturated carbocycles. The summed E-state index contributed by atoms with van der Waals surface area (Å²) < 4.78 is 13.0. The number of thiophene rings is 1. The topological polar surface area (TPSA) is 26.0 Å². The summed E-state index contributed by atoms with van der Waals surface area (Å²) in [5.41, 5.74) is 8.68. The van der Waals surface area contributed by atoms with Crippen molar-refractivity contribution in [3.05, 3.63) is 56.0 Å². The van der Waals surface area contributed by atoms with Crippen molar-refractivity contribution in [3.8, 4) is 0 Å². The fraction of sp³-hybridized carbons (Fsp3) is 0.375. The number of hydrogen-bond donors (Lipinski definition) is 1. The van der Waals surface area contributed by atoms with E-state index in [9.17, 15) is 4.39 Å². The second-order valence-electron chi connectivity index (χ2n) is 5.35. The highest BCUT2D eigenvalue weighted by atomic mass is 35.5. The van der Waals surface area contributed by atoms with E-state index >= 15 is 0 Å². The van der Waals surface area contributed by atoms with Crippen LogP contribution in [0.1, 0.15) is 39.8 Å². The average Bonchev–Trinajstić information content (AvgIpc) is 2.86. The first-order valence-corrected chi connectivity index (χ1v) is 8.14. The summed E-state index contributed by atoms with van der Waals surface area (Å²) in [4.78, 5) is 2.71. The Kier molecular flexibility index (Phi) is 4.11. The van der Waals surface area contributed by atoms with Gasteiger partial charge in [0, 0.05) is 20.8 Å². The Bertz CT molecular complexity index is 599. The van der Waals surface area contributed by atoms with E-state index in [1.807, 2.05) is 11.3 Å². The predicted molar refractivity (Wildman–Crippen MR) is 83.0 cm³/mol. The Hall–Kier alpha value is -0.900. The fourth-order valence-corrected chi connectivity index (χ4v) is 4.22. The van der Waals surface area contributed by atoms with Crippen LogP contribution in [0.2, 0.25) is 5.02 Å².